The molecule has 4 rings (SSSR count). The fourth-order valence-electron chi connectivity index (χ4n) is 3.00. The summed E-state index contributed by atoms with van der Waals surface area (Å²) in [6.07, 6.45) is 0. The summed E-state index contributed by atoms with van der Waals surface area (Å²) >= 11 is 0. The normalized spacial score (nSPS) is 14.5. The third-order valence-electron chi connectivity index (χ3n) is 4.62. The van der Waals surface area contributed by atoms with E-state index in [0.29, 0.717) is 16.9 Å². The number of para-hydroxylation sites is 1. The van der Waals surface area contributed by atoms with Crippen LogP contribution in [0.3, 0.4) is 0 Å². The molecule has 13 heteroatoms. The number of rotatable bonds is 6. The molecule has 0 fully saturated rings. The van der Waals surface area contributed by atoms with Crippen LogP contribution in [0.1, 0.15) is 5.56 Å². The number of amides is 1. The third kappa shape index (κ3) is 5.38. The molecule has 0 aromatic heterocycles. The van der Waals surface area contributed by atoms with E-state index in [2.05, 4.69) is 15.6 Å². The standard InChI is InChI=1S/C21H15N5O6S.Na.H/c27-21-20(23-22-15-8-12-18(13-9-15)33(30,31)32)19(14-6-10-17(11-7-14)26(28)29)24-25(21)16-4-2-1-3-5-16;;/h1-13,22H,(H,30,31,32);;. The van der Waals surface area contributed by atoms with Crippen LogP contribution in [0.4, 0.5) is 17.1 Å². The fourth-order valence-corrected chi connectivity index (χ4v) is 3.48. The van der Waals surface area contributed by atoms with Crippen molar-refractivity contribution in [3.63, 3.8) is 0 Å². The maximum absolute atomic E-state index is 13.1. The number of nitro benzene ring substituents is 1. The number of hydrazone groups is 2. The van der Waals surface area contributed by atoms with Crippen molar-refractivity contribution in [2.45, 2.75) is 4.90 Å². The molecule has 2 N–H and O–H groups in total. The zero-order valence-electron chi connectivity index (χ0n) is 16.7. The van der Waals surface area contributed by atoms with Gasteiger partial charge in [-0.3, -0.25) is 24.9 Å². The number of anilines is 2. The zero-order valence-corrected chi connectivity index (χ0v) is 17.5. The molecule has 0 saturated carbocycles. The second-order valence-corrected chi connectivity index (χ2v) is 8.20. The molecule has 0 bridgehead atoms. The number of hydrogen-bond donors (Lipinski definition) is 2. The molecule has 1 aliphatic rings. The van der Waals surface area contributed by atoms with Crippen molar-refractivity contribution >= 4 is 74.1 Å². The van der Waals surface area contributed by atoms with Gasteiger partial charge in [-0.1, -0.05) is 18.2 Å². The van der Waals surface area contributed by atoms with Gasteiger partial charge in [-0.05, 0) is 48.5 Å². The third-order valence-corrected chi connectivity index (χ3v) is 5.49. The first kappa shape index (κ1) is 25.2. The predicted octanol–water partition coefficient (Wildman–Crippen LogP) is 2.41. The monoisotopic (exact) mass is 489 g/mol. The summed E-state index contributed by atoms with van der Waals surface area (Å²) in [6.45, 7) is 0. The van der Waals surface area contributed by atoms with E-state index in [1.165, 1.54) is 53.5 Å². The van der Waals surface area contributed by atoms with Gasteiger partial charge in [0, 0.05) is 17.7 Å². The van der Waals surface area contributed by atoms with Gasteiger partial charge in [0.2, 0.25) is 0 Å². The molecule has 1 aliphatic heterocycles. The van der Waals surface area contributed by atoms with Crippen molar-refractivity contribution in [1.82, 2.24) is 0 Å². The van der Waals surface area contributed by atoms with Crippen molar-refractivity contribution in [3.8, 4) is 0 Å². The first-order chi connectivity index (χ1) is 15.7. The van der Waals surface area contributed by atoms with Crippen molar-refractivity contribution in [1.29, 1.82) is 0 Å². The molecular formula is C21H16N5NaO6S. The molecule has 168 valence electrons. The summed E-state index contributed by atoms with van der Waals surface area (Å²) < 4.78 is 31.5. The van der Waals surface area contributed by atoms with Crippen LogP contribution in [-0.2, 0) is 14.9 Å². The van der Waals surface area contributed by atoms with Gasteiger partial charge in [0.15, 0.2) is 5.71 Å². The van der Waals surface area contributed by atoms with Crippen molar-refractivity contribution < 1.29 is 22.7 Å². The Kier molecular flexibility index (Phi) is 7.59. The van der Waals surface area contributed by atoms with E-state index in [1.54, 1.807) is 30.3 Å². The second-order valence-electron chi connectivity index (χ2n) is 6.78. The minimum atomic E-state index is -4.34. The van der Waals surface area contributed by atoms with Gasteiger partial charge in [0.25, 0.3) is 15.8 Å². The van der Waals surface area contributed by atoms with E-state index in [0.717, 1.165) is 0 Å². The topological polar surface area (TPSA) is 155 Å². The zero-order chi connectivity index (χ0) is 23.6. The molecule has 3 aromatic rings. The molecule has 0 saturated heterocycles. The average Bonchev–Trinajstić information content (AvgIpc) is 3.14. The van der Waals surface area contributed by atoms with Gasteiger partial charge < -0.3 is 0 Å². The number of hydrogen-bond acceptors (Lipinski definition) is 8. The maximum atomic E-state index is 13.1. The van der Waals surface area contributed by atoms with E-state index in [-0.39, 0.29) is 51.6 Å². The Morgan fingerprint density at radius 3 is 2.15 bits per heavy atom. The second kappa shape index (κ2) is 10.2. The van der Waals surface area contributed by atoms with Gasteiger partial charge in [-0.2, -0.15) is 23.6 Å². The molecule has 1 heterocycles. The van der Waals surface area contributed by atoms with E-state index in [4.69, 9.17) is 4.55 Å². The van der Waals surface area contributed by atoms with Gasteiger partial charge in [-0.25, -0.2) is 0 Å². The van der Waals surface area contributed by atoms with Crippen LogP contribution in [-0.4, -0.2) is 64.8 Å². The van der Waals surface area contributed by atoms with Crippen LogP contribution < -0.4 is 10.4 Å². The predicted molar refractivity (Wildman–Crippen MR) is 128 cm³/mol. The fraction of sp³-hybridized carbons (Fsp3) is 0. The van der Waals surface area contributed by atoms with Crippen molar-refractivity contribution in [2.24, 2.45) is 10.2 Å². The molecule has 3 aromatic carbocycles. The Morgan fingerprint density at radius 2 is 1.59 bits per heavy atom. The SMILES string of the molecule is O=C1C(=NNc2ccc(S(=O)(=O)O)cc2)C(c2ccc([N+](=O)[O-])cc2)=NN1c1ccccc1.[NaH]. The first-order valence-corrected chi connectivity index (χ1v) is 10.8. The Hall–Kier alpha value is -3.42. The van der Waals surface area contributed by atoms with E-state index in [1.807, 2.05) is 0 Å². The summed E-state index contributed by atoms with van der Waals surface area (Å²) in [4.78, 5) is 23.2. The number of carbonyl (C=O) groups excluding carboxylic acids is 1. The Labute approximate surface area is 216 Å². The number of nitro groups is 1. The molecule has 0 radical (unpaired) electrons. The summed E-state index contributed by atoms with van der Waals surface area (Å²) in [7, 11) is -4.34. The molecular weight excluding hydrogens is 473 g/mol. The molecule has 0 aliphatic carbocycles. The Balaban J connectivity index is 0.00000324. The van der Waals surface area contributed by atoms with E-state index >= 15 is 0 Å². The van der Waals surface area contributed by atoms with Crippen LogP contribution in [0.15, 0.2) is 94.0 Å². The number of benzene rings is 3. The molecule has 0 unspecified atom stereocenters. The quantitative estimate of drug-likeness (QED) is 0.233. The van der Waals surface area contributed by atoms with Gasteiger partial charge in [0.05, 0.1) is 21.2 Å². The summed E-state index contributed by atoms with van der Waals surface area (Å²) in [5.41, 5.74) is 4.00. The van der Waals surface area contributed by atoms with E-state index < -0.39 is 20.9 Å². The number of carbonyl (C=O) groups is 1. The van der Waals surface area contributed by atoms with Gasteiger partial charge in [0.1, 0.15) is 5.71 Å². The molecule has 0 spiro atoms. The molecule has 11 nitrogen and oxygen atoms in total. The summed E-state index contributed by atoms with van der Waals surface area (Å²) in [5, 5.41) is 20.7. The molecule has 1 amide bonds. The number of non-ortho nitro benzene ring substituents is 1. The van der Waals surface area contributed by atoms with Crippen LogP contribution >= 0.6 is 0 Å². The summed E-state index contributed by atoms with van der Waals surface area (Å²) in [6, 6.07) is 19.3. The first-order valence-electron chi connectivity index (χ1n) is 9.38. The minimum absolute atomic E-state index is 0. The van der Waals surface area contributed by atoms with E-state index in [9.17, 15) is 23.3 Å². The van der Waals surface area contributed by atoms with Gasteiger partial charge >= 0.3 is 35.5 Å². The van der Waals surface area contributed by atoms with Crippen LogP contribution in [0, 0.1) is 10.1 Å². The number of nitrogens with one attached hydrogen (secondary N) is 1. The molecule has 0 atom stereocenters. The van der Waals surface area contributed by atoms with Crippen LogP contribution in [0.2, 0.25) is 0 Å². The van der Waals surface area contributed by atoms with Crippen molar-refractivity contribution in [3.05, 3.63) is 94.5 Å². The molecule has 34 heavy (non-hydrogen) atoms. The van der Waals surface area contributed by atoms with Crippen LogP contribution in [0.5, 0.6) is 0 Å². The van der Waals surface area contributed by atoms with Gasteiger partial charge in [-0.15, -0.1) is 0 Å². The van der Waals surface area contributed by atoms with Crippen LogP contribution in [0.25, 0.3) is 0 Å². The Morgan fingerprint density at radius 1 is 0.971 bits per heavy atom. The Bertz CT molecular complexity index is 1390. The summed E-state index contributed by atoms with van der Waals surface area (Å²) in [5.74, 6) is -0.531. The van der Waals surface area contributed by atoms with Crippen molar-refractivity contribution in [2.75, 3.05) is 10.4 Å². The average molecular weight is 489 g/mol. The number of nitrogens with zero attached hydrogens (tertiary/aromatic N) is 4.